The van der Waals surface area contributed by atoms with Gasteiger partial charge in [0.1, 0.15) is 5.78 Å². The molecule has 3 nitrogen and oxygen atoms in total. The van der Waals surface area contributed by atoms with Crippen molar-refractivity contribution in [2.24, 2.45) is 0 Å². The van der Waals surface area contributed by atoms with Gasteiger partial charge in [-0.05, 0) is 60.2 Å². The summed E-state index contributed by atoms with van der Waals surface area (Å²) in [5, 5.41) is 0. The van der Waals surface area contributed by atoms with Crippen molar-refractivity contribution in [2.45, 2.75) is 37.8 Å². The molecule has 0 saturated heterocycles. The predicted octanol–water partition coefficient (Wildman–Crippen LogP) is 6.25. The number of Topliss-reactive ketones (excluding diaryl/α,β-unsaturated/α-hetero) is 1. The lowest BCUT2D eigenvalue weighted by molar-refractivity contribution is -0.137. The van der Waals surface area contributed by atoms with Crippen LogP contribution < -0.4 is 9.47 Å². The number of halogens is 3. The van der Waals surface area contributed by atoms with Crippen molar-refractivity contribution in [3.05, 3.63) is 82.9 Å². The quantitative estimate of drug-likeness (QED) is 0.472. The topological polar surface area (TPSA) is 35.5 Å². The zero-order valence-corrected chi connectivity index (χ0v) is 17.5. The van der Waals surface area contributed by atoms with Crippen molar-refractivity contribution >= 4 is 5.78 Å². The first-order valence-electron chi connectivity index (χ1n) is 10.5. The molecule has 164 valence electrons. The molecule has 1 heterocycles. The lowest BCUT2D eigenvalue weighted by Crippen LogP contribution is -2.22. The van der Waals surface area contributed by atoms with Crippen LogP contribution in [-0.2, 0) is 22.8 Å². The normalized spacial score (nSPS) is 16.1. The summed E-state index contributed by atoms with van der Waals surface area (Å²) in [7, 11) is 0. The number of benzene rings is 3. The van der Waals surface area contributed by atoms with E-state index in [1.54, 1.807) is 30.3 Å². The van der Waals surface area contributed by atoms with E-state index in [2.05, 4.69) is 0 Å². The van der Waals surface area contributed by atoms with Gasteiger partial charge in [0, 0.05) is 6.42 Å². The Labute approximate surface area is 183 Å². The van der Waals surface area contributed by atoms with Crippen LogP contribution in [0.2, 0.25) is 0 Å². The summed E-state index contributed by atoms with van der Waals surface area (Å²) in [5.74, 6) is 1.16. The average Bonchev–Trinajstić information content (AvgIpc) is 3.44. The number of hydrogen-bond donors (Lipinski definition) is 0. The zero-order chi connectivity index (χ0) is 22.5. The van der Waals surface area contributed by atoms with Crippen LogP contribution in [0.4, 0.5) is 13.2 Å². The van der Waals surface area contributed by atoms with Crippen molar-refractivity contribution in [3.8, 4) is 22.6 Å². The summed E-state index contributed by atoms with van der Waals surface area (Å²) in [6, 6.07) is 16.6. The summed E-state index contributed by atoms with van der Waals surface area (Å²) >= 11 is 0. The smallest absolute Gasteiger partial charge is 0.417 e. The molecule has 0 aromatic heterocycles. The number of carbonyl (C=O) groups excluding carboxylic acids is 1. The van der Waals surface area contributed by atoms with Gasteiger partial charge in [0.25, 0.3) is 0 Å². The van der Waals surface area contributed by atoms with Gasteiger partial charge in [-0.3, -0.25) is 4.79 Å². The molecular weight excluding hydrogens is 417 g/mol. The number of carbonyl (C=O) groups is 1. The average molecular weight is 438 g/mol. The van der Waals surface area contributed by atoms with Gasteiger partial charge in [-0.25, -0.2) is 0 Å². The fourth-order valence-corrected chi connectivity index (χ4v) is 4.40. The number of ether oxygens (including phenoxy) is 2. The maximum atomic E-state index is 13.9. The lowest BCUT2D eigenvalue weighted by atomic mass is 9.86. The maximum Gasteiger partial charge on any atom is 0.417 e. The van der Waals surface area contributed by atoms with Crippen molar-refractivity contribution in [2.75, 3.05) is 6.79 Å². The number of alkyl halides is 3. The predicted molar refractivity (Wildman–Crippen MR) is 114 cm³/mol. The molecule has 5 rings (SSSR count). The van der Waals surface area contributed by atoms with Crippen LogP contribution in [0.15, 0.2) is 60.7 Å². The number of rotatable bonds is 5. The Morgan fingerprint density at radius 1 is 0.969 bits per heavy atom. The number of aryl methyl sites for hydroxylation is 1. The summed E-state index contributed by atoms with van der Waals surface area (Å²) in [6.07, 6.45) is -3.21. The molecule has 1 aliphatic heterocycles. The van der Waals surface area contributed by atoms with Crippen LogP contribution in [0.5, 0.6) is 11.5 Å². The highest BCUT2D eigenvalue weighted by Crippen LogP contribution is 2.51. The molecule has 0 amide bonds. The summed E-state index contributed by atoms with van der Waals surface area (Å²) in [4.78, 5) is 13.2. The molecule has 0 unspecified atom stereocenters. The molecule has 0 atom stereocenters. The molecule has 2 aliphatic rings. The van der Waals surface area contributed by atoms with Crippen LogP contribution in [0.1, 0.15) is 35.1 Å². The van der Waals surface area contributed by atoms with Crippen molar-refractivity contribution in [1.82, 2.24) is 0 Å². The maximum absolute atomic E-state index is 13.9. The second-order valence-corrected chi connectivity index (χ2v) is 8.50. The van der Waals surface area contributed by atoms with Gasteiger partial charge in [0.05, 0.1) is 11.0 Å². The van der Waals surface area contributed by atoms with Crippen LogP contribution in [0.3, 0.4) is 0 Å². The van der Waals surface area contributed by atoms with E-state index in [9.17, 15) is 18.0 Å². The molecular formula is C26H21F3O3. The molecule has 0 spiro atoms. The van der Waals surface area contributed by atoms with Crippen molar-refractivity contribution < 1.29 is 27.4 Å². The van der Waals surface area contributed by atoms with Crippen LogP contribution in [-0.4, -0.2) is 12.6 Å². The molecule has 1 aliphatic carbocycles. The van der Waals surface area contributed by atoms with Gasteiger partial charge < -0.3 is 9.47 Å². The van der Waals surface area contributed by atoms with E-state index in [0.717, 1.165) is 17.2 Å². The van der Waals surface area contributed by atoms with Gasteiger partial charge in [0.15, 0.2) is 11.5 Å². The van der Waals surface area contributed by atoms with E-state index in [1.165, 1.54) is 6.07 Å². The molecule has 0 N–H and O–H groups in total. The highest BCUT2D eigenvalue weighted by atomic mass is 19.4. The number of hydrogen-bond acceptors (Lipinski definition) is 3. The van der Waals surface area contributed by atoms with Gasteiger partial charge >= 0.3 is 6.18 Å². The van der Waals surface area contributed by atoms with Crippen LogP contribution in [0.25, 0.3) is 11.1 Å². The van der Waals surface area contributed by atoms with E-state index < -0.39 is 17.2 Å². The minimum atomic E-state index is -4.52. The minimum Gasteiger partial charge on any atom is -0.454 e. The number of fused-ring (bicyclic) bond motifs is 1. The Morgan fingerprint density at radius 2 is 1.75 bits per heavy atom. The SMILES string of the molecule is Cc1cccc(-c2ccc(CC(=O)C3(c4ccc5c(c4)OCO5)CC3)cc2C(F)(F)F)c1. The van der Waals surface area contributed by atoms with Gasteiger partial charge in [-0.15, -0.1) is 0 Å². The summed E-state index contributed by atoms with van der Waals surface area (Å²) in [6.45, 7) is 1.99. The Kier molecular flexibility index (Phi) is 4.77. The molecule has 0 bridgehead atoms. The second kappa shape index (κ2) is 7.40. The summed E-state index contributed by atoms with van der Waals surface area (Å²) < 4.78 is 52.4. The minimum absolute atomic E-state index is 0.0500. The van der Waals surface area contributed by atoms with Gasteiger partial charge in [0.2, 0.25) is 6.79 Å². The van der Waals surface area contributed by atoms with Crippen molar-refractivity contribution in [1.29, 1.82) is 0 Å². The zero-order valence-electron chi connectivity index (χ0n) is 17.5. The Hall–Kier alpha value is -3.28. The van der Waals surface area contributed by atoms with Gasteiger partial charge in [-0.1, -0.05) is 48.0 Å². The van der Waals surface area contributed by atoms with E-state index in [0.29, 0.717) is 35.5 Å². The highest BCUT2D eigenvalue weighted by molar-refractivity contribution is 5.95. The molecule has 32 heavy (non-hydrogen) atoms. The van der Waals surface area contributed by atoms with Crippen molar-refractivity contribution in [3.63, 3.8) is 0 Å². The Bertz CT molecular complexity index is 1210. The van der Waals surface area contributed by atoms with Gasteiger partial charge in [-0.2, -0.15) is 13.2 Å². The Balaban J connectivity index is 1.45. The largest absolute Gasteiger partial charge is 0.454 e. The fraction of sp³-hybridized carbons (Fsp3) is 0.269. The molecule has 1 saturated carbocycles. The second-order valence-electron chi connectivity index (χ2n) is 8.50. The standard InChI is InChI=1S/C26H21F3O3/c1-16-3-2-4-18(11-16)20-7-5-17(12-21(20)26(27,28)29)13-24(30)25(9-10-25)19-6-8-22-23(14-19)32-15-31-22/h2-8,11-12,14H,9-10,13,15H2,1H3. The first-order valence-corrected chi connectivity index (χ1v) is 10.5. The molecule has 0 radical (unpaired) electrons. The summed E-state index contributed by atoms with van der Waals surface area (Å²) in [5.41, 5.74) is 1.33. The lowest BCUT2D eigenvalue weighted by Gasteiger charge is -2.18. The van der Waals surface area contributed by atoms with Crippen LogP contribution >= 0.6 is 0 Å². The first-order chi connectivity index (χ1) is 15.3. The third-order valence-corrected chi connectivity index (χ3v) is 6.29. The molecule has 1 fully saturated rings. The molecule has 3 aromatic carbocycles. The van der Waals surface area contributed by atoms with E-state index in [-0.39, 0.29) is 24.6 Å². The van der Waals surface area contributed by atoms with E-state index >= 15 is 0 Å². The third-order valence-electron chi connectivity index (χ3n) is 6.29. The van der Waals surface area contributed by atoms with E-state index in [1.807, 2.05) is 25.1 Å². The number of ketones is 1. The highest BCUT2D eigenvalue weighted by Gasteiger charge is 2.51. The monoisotopic (exact) mass is 438 g/mol. The third kappa shape index (κ3) is 3.64. The van der Waals surface area contributed by atoms with Crippen LogP contribution in [0, 0.1) is 6.92 Å². The fourth-order valence-electron chi connectivity index (χ4n) is 4.40. The molecule has 3 aromatic rings. The molecule has 6 heteroatoms. The Morgan fingerprint density at radius 3 is 2.47 bits per heavy atom. The first kappa shape index (κ1) is 20.6. The van der Waals surface area contributed by atoms with E-state index in [4.69, 9.17) is 9.47 Å².